The van der Waals surface area contributed by atoms with E-state index in [-0.39, 0.29) is 0 Å². The largest absolute Gasteiger partial charge is 0.386 e. The van der Waals surface area contributed by atoms with Gasteiger partial charge in [-0.1, -0.05) is 6.92 Å². The Hall–Kier alpha value is -0.220. The van der Waals surface area contributed by atoms with Crippen LogP contribution in [0.5, 0.6) is 0 Å². The average Bonchev–Trinajstić information content (AvgIpc) is 1.84. The second-order valence-corrected chi connectivity index (χ2v) is 1.90. The van der Waals surface area contributed by atoms with E-state index < -0.39 is 18.6 Å². The Balaban J connectivity index is 3.58. The van der Waals surface area contributed by atoms with E-state index in [1.165, 1.54) is 0 Å². The third-order valence-electron chi connectivity index (χ3n) is 1.17. The van der Waals surface area contributed by atoms with Crippen LogP contribution < -0.4 is 5.73 Å². The van der Waals surface area contributed by atoms with Gasteiger partial charge in [-0.2, -0.15) is 0 Å². The lowest BCUT2D eigenvalue weighted by Gasteiger charge is -2.14. The maximum atomic E-state index is 11.5. The summed E-state index contributed by atoms with van der Waals surface area (Å²) in [5, 5.41) is 8.52. The smallest absolute Gasteiger partial charge is 0.265 e. The summed E-state index contributed by atoms with van der Waals surface area (Å²) in [7, 11) is 0. The van der Waals surface area contributed by atoms with Gasteiger partial charge in [0.1, 0.15) is 6.10 Å². The van der Waals surface area contributed by atoms with Crippen molar-refractivity contribution in [2.75, 3.05) is 0 Å². The number of hydrogen-bond donors (Lipinski definition) is 2. The van der Waals surface area contributed by atoms with Gasteiger partial charge in [0.2, 0.25) is 0 Å². The zero-order chi connectivity index (χ0) is 7.44. The normalized spacial score (nSPS) is 18.0. The average molecular weight is 139 g/mol. The maximum Gasteiger partial charge on any atom is 0.265 e. The third kappa shape index (κ3) is 2.72. The maximum absolute atomic E-state index is 11.5. The van der Waals surface area contributed by atoms with Gasteiger partial charge in [-0.25, -0.2) is 8.78 Å². The fourth-order valence-electron chi connectivity index (χ4n) is 0.428. The summed E-state index contributed by atoms with van der Waals surface area (Å²) in [5.74, 6) is 0. The van der Waals surface area contributed by atoms with Crippen LogP contribution in [-0.2, 0) is 0 Å². The van der Waals surface area contributed by atoms with Gasteiger partial charge in [0.15, 0.2) is 0 Å². The predicted molar refractivity (Wildman–Crippen MR) is 30.3 cm³/mol. The van der Waals surface area contributed by atoms with Crippen molar-refractivity contribution in [3.8, 4) is 0 Å². The van der Waals surface area contributed by atoms with E-state index in [1.54, 1.807) is 6.92 Å². The molecule has 0 rings (SSSR count). The lowest BCUT2D eigenvalue weighted by molar-refractivity contribution is -0.0191. The first kappa shape index (κ1) is 8.78. The number of alkyl halides is 2. The molecule has 0 saturated carbocycles. The number of aliphatic hydroxyl groups excluding tert-OH is 1. The first-order valence-corrected chi connectivity index (χ1v) is 2.81. The van der Waals surface area contributed by atoms with Crippen LogP contribution in [0.25, 0.3) is 0 Å². The van der Waals surface area contributed by atoms with Crippen LogP contribution in [0, 0.1) is 0 Å². The SMILES string of the molecule is CC[C@@H](N)[C@@H](O)C(F)F. The lowest BCUT2D eigenvalue weighted by atomic mass is 10.1. The van der Waals surface area contributed by atoms with E-state index in [4.69, 9.17) is 10.8 Å². The quantitative estimate of drug-likeness (QED) is 0.592. The van der Waals surface area contributed by atoms with Crippen molar-refractivity contribution in [1.82, 2.24) is 0 Å². The van der Waals surface area contributed by atoms with Crippen LogP contribution >= 0.6 is 0 Å². The molecule has 0 fully saturated rings. The molecule has 0 aromatic rings. The molecule has 0 aromatic carbocycles. The van der Waals surface area contributed by atoms with Crippen molar-refractivity contribution in [3.05, 3.63) is 0 Å². The summed E-state index contributed by atoms with van der Waals surface area (Å²) in [6.45, 7) is 1.65. The molecule has 0 heterocycles. The second-order valence-electron chi connectivity index (χ2n) is 1.90. The number of halogens is 2. The van der Waals surface area contributed by atoms with Gasteiger partial charge >= 0.3 is 0 Å². The Morgan fingerprint density at radius 2 is 2.00 bits per heavy atom. The Morgan fingerprint density at radius 1 is 1.56 bits per heavy atom. The van der Waals surface area contributed by atoms with Gasteiger partial charge in [-0.3, -0.25) is 0 Å². The van der Waals surface area contributed by atoms with Crippen molar-refractivity contribution in [2.45, 2.75) is 31.9 Å². The van der Waals surface area contributed by atoms with Crippen molar-refractivity contribution in [3.63, 3.8) is 0 Å². The number of hydrogen-bond acceptors (Lipinski definition) is 2. The molecule has 0 aromatic heterocycles. The van der Waals surface area contributed by atoms with Gasteiger partial charge in [0.05, 0.1) is 0 Å². The van der Waals surface area contributed by atoms with Gasteiger partial charge in [-0.15, -0.1) is 0 Å². The minimum atomic E-state index is -2.72. The Kier molecular flexibility index (Phi) is 3.65. The zero-order valence-corrected chi connectivity index (χ0v) is 5.22. The monoisotopic (exact) mass is 139 g/mol. The van der Waals surface area contributed by atoms with E-state index in [2.05, 4.69) is 0 Å². The van der Waals surface area contributed by atoms with Crippen LogP contribution in [0.4, 0.5) is 8.78 Å². The highest BCUT2D eigenvalue weighted by atomic mass is 19.3. The highest BCUT2D eigenvalue weighted by Crippen LogP contribution is 2.05. The van der Waals surface area contributed by atoms with E-state index in [9.17, 15) is 8.78 Å². The van der Waals surface area contributed by atoms with Crippen molar-refractivity contribution in [2.24, 2.45) is 5.73 Å². The summed E-state index contributed by atoms with van der Waals surface area (Å²) in [6, 6.07) is -0.801. The van der Waals surface area contributed by atoms with E-state index >= 15 is 0 Å². The van der Waals surface area contributed by atoms with E-state index in [0.717, 1.165) is 0 Å². The number of nitrogens with two attached hydrogens (primary N) is 1. The molecular formula is C5H11F2NO. The molecular weight excluding hydrogens is 128 g/mol. The van der Waals surface area contributed by atoms with Gasteiger partial charge < -0.3 is 10.8 Å². The molecule has 0 unspecified atom stereocenters. The summed E-state index contributed by atoms with van der Waals surface area (Å²) >= 11 is 0. The number of rotatable bonds is 3. The molecule has 0 radical (unpaired) electrons. The third-order valence-corrected chi connectivity index (χ3v) is 1.17. The van der Waals surface area contributed by atoms with Crippen molar-refractivity contribution in [1.29, 1.82) is 0 Å². The summed E-state index contributed by atoms with van der Waals surface area (Å²) in [6.07, 6.45) is -4.03. The van der Waals surface area contributed by atoms with E-state index in [1.807, 2.05) is 0 Å². The molecule has 4 heteroatoms. The predicted octanol–water partition coefficient (Wildman–Crippen LogP) is 0.350. The van der Waals surface area contributed by atoms with Crippen molar-refractivity contribution < 1.29 is 13.9 Å². The second kappa shape index (κ2) is 3.74. The molecule has 2 nitrogen and oxygen atoms in total. The highest BCUT2D eigenvalue weighted by molar-refractivity contribution is 4.71. The fourth-order valence-corrected chi connectivity index (χ4v) is 0.428. The van der Waals surface area contributed by atoms with Crippen LogP contribution in [0.2, 0.25) is 0 Å². The minimum Gasteiger partial charge on any atom is -0.386 e. The molecule has 0 bridgehead atoms. The van der Waals surface area contributed by atoms with Gasteiger partial charge in [-0.05, 0) is 6.42 Å². The van der Waals surface area contributed by atoms with Crippen molar-refractivity contribution >= 4 is 0 Å². The summed E-state index contributed by atoms with van der Waals surface area (Å²) < 4.78 is 23.1. The molecule has 0 spiro atoms. The summed E-state index contributed by atoms with van der Waals surface area (Å²) in [5.41, 5.74) is 5.09. The summed E-state index contributed by atoms with van der Waals surface area (Å²) in [4.78, 5) is 0. The Morgan fingerprint density at radius 3 is 2.11 bits per heavy atom. The fraction of sp³-hybridized carbons (Fsp3) is 1.00. The van der Waals surface area contributed by atoms with Crippen LogP contribution in [0.3, 0.4) is 0 Å². The molecule has 56 valence electrons. The lowest BCUT2D eigenvalue weighted by Crippen LogP contribution is -2.38. The van der Waals surface area contributed by atoms with Crippen LogP contribution in [0.1, 0.15) is 13.3 Å². The molecule has 2 atom stereocenters. The first-order valence-electron chi connectivity index (χ1n) is 2.81. The molecule has 0 aliphatic heterocycles. The number of aliphatic hydroxyl groups is 1. The molecule has 0 amide bonds. The molecule has 9 heavy (non-hydrogen) atoms. The molecule has 0 saturated heterocycles. The zero-order valence-electron chi connectivity index (χ0n) is 5.22. The minimum absolute atomic E-state index is 0.367. The highest BCUT2D eigenvalue weighted by Gasteiger charge is 2.22. The van der Waals surface area contributed by atoms with E-state index in [0.29, 0.717) is 6.42 Å². The first-order chi connectivity index (χ1) is 4.09. The van der Waals surface area contributed by atoms with Crippen LogP contribution in [-0.4, -0.2) is 23.7 Å². The Labute approximate surface area is 52.7 Å². The molecule has 0 aliphatic rings. The standard InChI is InChI=1S/C5H11F2NO/c1-2-3(8)4(9)5(6)7/h3-5,9H,2,8H2,1H3/t3-,4-/m1/s1. The van der Waals surface area contributed by atoms with Crippen LogP contribution in [0.15, 0.2) is 0 Å². The Bertz CT molecular complexity index is 79.4. The molecule has 3 N–H and O–H groups in total. The van der Waals surface area contributed by atoms with Gasteiger partial charge in [0.25, 0.3) is 6.43 Å². The topological polar surface area (TPSA) is 46.2 Å². The molecule has 0 aliphatic carbocycles. The van der Waals surface area contributed by atoms with Gasteiger partial charge in [0, 0.05) is 6.04 Å².